The molecule has 5 nitrogen and oxygen atoms in total. The molecule has 6 heteroatoms. The minimum atomic E-state index is -0.241. The number of nitrogens with one attached hydrogen (secondary N) is 2. The highest BCUT2D eigenvalue weighted by atomic mass is 79.9. The maximum absolute atomic E-state index is 12.2. The molecule has 3 aromatic rings. The molecule has 0 fully saturated rings. The summed E-state index contributed by atoms with van der Waals surface area (Å²) >= 11 is 3.44. The zero-order chi connectivity index (χ0) is 16.9. The number of hydrogen-bond donors (Lipinski definition) is 2. The lowest BCUT2D eigenvalue weighted by atomic mass is 10.2. The van der Waals surface area contributed by atoms with Crippen LogP contribution in [0.5, 0.6) is 0 Å². The largest absolute Gasteiger partial charge is 0.467 e. The average molecular weight is 386 g/mol. The Bertz CT molecular complexity index is 830. The summed E-state index contributed by atoms with van der Waals surface area (Å²) in [6.07, 6.45) is 3.26. The van der Waals surface area contributed by atoms with Gasteiger partial charge in [0, 0.05) is 10.2 Å². The van der Waals surface area contributed by atoms with Gasteiger partial charge in [-0.1, -0.05) is 15.9 Å². The molecule has 0 bridgehead atoms. The second kappa shape index (κ2) is 7.31. The number of anilines is 2. The molecule has 0 spiro atoms. The van der Waals surface area contributed by atoms with Crippen molar-refractivity contribution in [3.63, 3.8) is 0 Å². The van der Waals surface area contributed by atoms with Crippen molar-refractivity contribution in [1.82, 2.24) is 4.98 Å². The van der Waals surface area contributed by atoms with E-state index in [1.807, 2.05) is 43.3 Å². The van der Waals surface area contributed by atoms with Crippen LogP contribution in [0.4, 0.5) is 11.4 Å². The fourth-order valence-electron chi connectivity index (χ4n) is 2.15. The second-order valence-corrected chi connectivity index (χ2v) is 6.14. The van der Waals surface area contributed by atoms with Crippen LogP contribution < -0.4 is 10.6 Å². The Hall–Kier alpha value is -2.60. The first kappa shape index (κ1) is 16.3. The highest BCUT2D eigenvalue weighted by molar-refractivity contribution is 9.10. The third-order valence-electron chi connectivity index (χ3n) is 3.46. The van der Waals surface area contributed by atoms with Crippen molar-refractivity contribution in [3.05, 3.63) is 76.4 Å². The Morgan fingerprint density at radius 2 is 2.04 bits per heavy atom. The monoisotopic (exact) mass is 385 g/mol. The molecular formula is C18H16BrN3O2. The Kier molecular flexibility index (Phi) is 4.96. The van der Waals surface area contributed by atoms with Crippen molar-refractivity contribution in [1.29, 1.82) is 0 Å². The van der Waals surface area contributed by atoms with Crippen molar-refractivity contribution in [2.24, 2.45) is 0 Å². The van der Waals surface area contributed by atoms with Crippen LogP contribution in [-0.2, 0) is 6.54 Å². The van der Waals surface area contributed by atoms with Gasteiger partial charge < -0.3 is 15.1 Å². The molecule has 3 rings (SSSR count). The van der Waals surface area contributed by atoms with Gasteiger partial charge in [0.15, 0.2) is 0 Å². The number of benzene rings is 1. The summed E-state index contributed by atoms with van der Waals surface area (Å²) in [5.74, 6) is 0.594. The summed E-state index contributed by atoms with van der Waals surface area (Å²) in [6.45, 7) is 2.54. The average Bonchev–Trinajstić information content (AvgIpc) is 3.10. The standard InChI is InChI=1S/C18H16BrN3O2/c1-12-9-13(4-6-16(12)19)22-18(23)17-7-5-14(10-21-17)20-11-15-3-2-8-24-15/h2-10,20H,11H2,1H3,(H,22,23). The molecule has 2 aromatic heterocycles. The van der Waals surface area contributed by atoms with E-state index in [1.54, 1.807) is 18.5 Å². The highest BCUT2D eigenvalue weighted by Crippen LogP contribution is 2.20. The van der Waals surface area contributed by atoms with Crippen LogP contribution in [0.2, 0.25) is 0 Å². The van der Waals surface area contributed by atoms with E-state index in [9.17, 15) is 4.79 Å². The zero-order valence-corrected chi connectivity index (χ0v) is 14.6. The Morgan fingerprint density at radius 1 is 1.21 bits per heavy atom. The quantitative estimate of drug-likeness (QED) is 0.672. The van der Waals surface area contributed by atoms with E-state index in [1.165, 1.54) is 0 Å². The molecule has 0 aliphatic rings. The zero-order valence-electron chi connectivity index (χ0n) is 13.0. The molecule has 2 heterocycles. The summed E-state index contributed by atoms with van der Waals surface area (Å²) < 4.78 is 6.26. The van der Waals surface area contributed by atoms with E-state index < -0.39 is 0 Å². The van der Waals surface area contributed by atoms with Crippen LogP contribution in [0.3, 0.4) is 0 Å². The number of rotatable bonds is 5. The van der Waals surface area contributed by atoms with Crippen LogP contribution >= 0.6 is 15.9 Å². The van der Waals surface area contributed by atoms with Crippen molar-refractivity contribution in [2.75, 3.05) is 10.6 Å². The van der Waals surface area contributed by atoms with Gasteiger partial charge in [0.05, 0.1) is 24.7 Å². The number of aryl methyl sites for hydroxylation is 1. The van der Waals surface area contributed by atoms with Crippen LogP contribution in [0.25, 0.3) is 0 Å². The topological polar surface area (TPSA) is 67.2 Å². The van der Waals surface area contributed by atoms with Crippen molar-refractivity contribution >= 4 is 33.2 Å². The Labute approximate surface area is 148 Å². The lowest BCUT2D eigenvalue weighted by Crippen LogP contribution is -2.13. The molecule has 1 amide bonds. The molecule has 1 aromatic carbocycles. The molecule has 0 radical (unpaired) electrons. The summed E-state index contributed by atoms with van der Waals surface area (Å²) in [5, 5.41) is 6.03. The summed E-state index contributed by atoms with van der Waals surface area (Å²) in [5.41, 5.74) is 2.97. The predicted octanol–water partition coefficient (Wildman–Crippen LogP) is 4.61. The Morgan fingerprint density at radius 3 is 2.71 bits per heavy atom. The molecule has 0 atom stereocenters. The fourth-order valence-corrected chi connectivity index (χ4v) is 2.40. The van der Waals surface area contributed by atoms with Gasteiger partial charge in [-0.2, -0.15) is 0 Å². The van der Waals surface area contributed by atoms with E-state index in [-0.39, 0.29) is 5.91 Å². The fraction of sp³-hybridized carbons (Fsp3) is 0.111. The molecule has 0 aliphatic heterocycles. The third-order valence-corrected chi connectivity index (χ3v) is 4.35. The van der Waals surface area contributed by atoms with Crippen LogP contribution in [0, 0.1) is 6.92 Å². The summed E-state index contributed by atoms with van der Waals surface area (Å²) in [7, 11) is 0. The molecule has 0 saturated heterocycles. The second-order valence-electron chi connectivity index (χ2n) is 5.28. The predicted molar refractivity (Wildman–Crippen MR) is 97.1 cm³/mol. The third kappa shape index (κ3) is 4.02. The van der Waals surface area contributed by atoms with Gasteiger partial charge in [-0.05, 0) is 55.0 Å². The molecular weight excluding hydrogens is 370 g/mol. The van der Waals surface area contributed by atoms with Gasteiger partial charge in [0.2, 0.25) is 0 Å². The molecule has 0 aliphatic carbocycles. The van der Waals surface area contributed by atoms with Gasteiger partial charge in [-0.3, -0.25) is 4.79 Å². The van der Waals surface area contributed by atoms with E-state index in [4.69, 9.17) is 4.42 Å². The van der Waals surface area contributed by atoms with Crippen LogP contribution in [0.15, 0.2) is 63.8 Å². The minimum Gasteiger partial charge on any atom is -0.467 e. The lowest BCUT2D eigenvalue weighted by molar-refractivity contribution is 0.102. The molecule has 24 heavy (non-hydrogen) atoms. The number of aromatic nitrogens is 1. The first-order chi connectivity index (χ1) is 11.6. The van der Waals surface area contributed by atoms with E-state index >= 15 is 0 Å². The maximum Gasteiger partial charge on any atom is 0.274 e. The first-order valence-corrected chi connectivity index (χ1v) is 8.21. The number of carbonyl (C=O) groups excluding carboxylic acids is 1. The maximum atomic E-state index is 12.2. The first-order valence-electron chi connectivity index (χ1n) is 7.41. The number of nitrogens with zero attached hydrogens (tertiary/aromatic N) is 1. The minimum absolute atomic E-state index is 0.241. The van der Waals surface area contributed by atoms with Crippen molar-refractivity contribution < 1.29 is 9.21 Å². The van der Waals surface area contributed by atoms with Crippen LogP contribution in [-0.4, -0.2) is 10.9 Å². The summed E-state index contributed by atoms with van der Waals surface area (Å²) in [4.78, 5) is 16.4. The number of halogens is 1. The van der Waals surface area contributed by atoms with Gasteiger partial charge in [0.1, 0.15) is 11.5 Å². The highest BCUT2D eigenvalue weighted by Gasteiger charge is 2.08. The molecule has 2 N–H and O–H groups in total. The van der Waals surface area contributed by atoms with Crippen LogP contribution in [0.1, 0.15) is 21.8 Å². The number of carbonyl (C=O) groups is 1. The number of hydrogen-bond acceptors (Lipinski definition) is 4. The van der Waals surface area contributed by atoms with Gasteiger partial charge >= 0.3 is 0 Å². The smallest absolute Gasteiger partial charge is 0.274 e. The summed E-state index contributed by atoms with van der Waals surface area (Å²) in [6, 6.07) is 12.9. The van der Waals surface area contributed by atoms with E-state index in [0.717, 1.165) is 27.2 Å². The molecule has 122 valence electrons. The Balaban J connectivity index is 1.61. The lowest BCUT2D eigenvalue weighted by Gasteiger charge is -2.08. The van der Waals surface area contributed by atoms with Gasteiger partial charge in [0.25, 0.3) is 5.91 Å². The van der Waals surface area contributed by atoms with E-state index in [0.29, 0.717) is 12.2 Å². The molecule has 0 unspecified atom stereocenters. The number of furan rings is 1. The normalized spacial score (nSPS) is 10.4. The number of amides is 1. The SMILES string of the molecule is Cc1cc(NC(=O)c2ccc(NCc3ccco3)cn2)ccc1Br. The number of pyridine rings is 1. The van der Waals surface area contributed by atoms with Crippen molar-refractivity contribution in [2.45, 2.75) is 13.5 Å². The van der Waals surface area contributed by atoms with Gasteiger partial charge in [-0.15, -0.1) is 0 Å². The van der Waals surface area contributed by atoms with Gasteiger partial charge in [-0.25, -0.2) is 4.98 Å². The van der Waals surface area contributed by atoms with Crippen molar-refractivity contribution in [3.8, 4) is 0 Å². The van der Waals surface area contributed by atoms with E-state index in [2.05, 4.69) is 31.5 Å². The molecule has 0 saturated carbocycles.